The third kappa shape index (κ3) is 4.86. The van der Waals surface area contributed by atoms with Gasteiger partial charge in [0.1, 0.15) is 11.2 Å². The van der Waals surface area contributed by atoms with Gasteiger partial charge in [-0.1, -0.05) is 62.2 Å². The lowest BCUT2D eigenvalue weighted by atomic mass is 9.62. The predicted octanol–water partition coefficient (Wildman–Crippen LogP) is 5.64. The molecule has 2 heterocycles. The van der Waals surface area contributed by atoms with Crippen LogP contribution < -0.4 is 10.6 Å². The lowest BCUT2D eigenvalue weighted by Gasteiger charge is -2.39. The molecule has 0 aromatic heterocycles. The van der Waals surface area contributed by atoms with Gasteiger partial charge in [0.15, 0.2) is 0 Å². The summed E-state index contributed by atoms with van der Waals surface area (Å²) in [6.45, 7) is 6.29. The molecule has 2 aromatic carbocycles. The van der Waals surface area contributed by atoms with Crippen molar-refractivity contribution in [2.45, 2.75) is 88.4 Å². The number of likely N-dealkylation sites (N-methyl/N-ethyl adjacent to an activating group) is 1. The molecule has 2 fully saturated rings. The van der Waals surface area contributed by atoms with Crippen molar-refractivity contribution >= 4 is 40.7 Å². The summed E-state index contributed by atoms with van der Waals surface area (Å²) >= 11 is 12.6. The zero-order valence-electron chi connectivity index (χ0n) is 22.7. The fourth-order valence-electron chi connectivity index (χ4n) is 7.08. The molecule has 5 rings (SSSR count). The van der Waals surface area contributed by atoms with Crippen LogP contribution in [0.3, 0.4) is 0 Å². The molecule has 39 heavy (non-hydrogen) atoms. The molecule has 210 valence electrons. The van der Waals surface area contributed by atoms with Crippen molar-refractivity contribution < 1.29 is 19.1 Å². The highest BCUT2D eigenvalue weighted by atomic mass is 35.5. The van der Waals surface area contributed by atoms with Gasteiger partial charge in [-0.3, -0.25) is 14.5 Å². The molecular formula is C30H36Cl2FN3O3. The first-order valence-corrected chi connectivity index (χ1v) is 14.4. The summed E-state index contributed by atoms with van der Waals surface area (Å²) in [5.74, 6) is -2.01. The van der Waals surface area contributed by atoms with Gasteiger partial charge in [-0.05, 0) is 73.9 Å². The maximum Gasteiger partial charge on any atom is 0.238 e. The van der Waals surface area contributed by atoms with Crippen LogP contribution in [0.2, 0.25) is 10.0 Å². The van der Waals surface area contributed by atoms with E-state index in [0.29, 0.717) is 48.4 Å². The van der Waals surface area contributed by atoms with Gasteiger partial charge in [-0.15, -0.1) is 0 Å². The van der Waals surface area contributed by atoms with Crippen LogP contribution in [0.25, 0.3) is 0 Å². The highest BCUT2D eigenvalue weighted by Gasteiger charge is 2.68. The van der Waals surface area contributed by atoms with Gasteiger partial charge < -0.3 is 15.7 Å². The highest BCUT2D eigenvalue weighted by molar-refractivity contribution is 6.31. The quantitative estimate of drug-likeness (QED) is 0.440. The van der Waals surface area contributed by atoms with Crippen LogP contribution in [0.15, 0.2) is 36.4 Å². The Morgan fingerprint density at radius 3 is 2.54 bits per heavy atom. The molecule has 2 aliphatic heterocycles. The lowest BCUT2D eigenvalue weighted by Crippen LogP contribution is -2.50. The summed E-state index contributed by atoms with van der Waals surface area (Å²) in [6, 6.07) is 8.70. The topological polar surface area (TPSA) is 81.7 Å². The summed E-state index contributed by atoms with van der Waals surface area (Å²) in [5, 5.41) is 16.6. The molecule has 2 amide bonds. The summed E-state index contributed by atoms with van der Waals surface area (Å²) in [4.78, 5) is 30.4. The number of aliphatic hydroxyl groups is 1. The zero-order valence-corrected chi connectivity index (χ0v) is 24.2. The number of fused-ring (bicyclic) bond motifs is 2. The number of anilines is 1. The van der Waals surface area contributed by atoms with E-state index >= 15 is 4.39 Å². The molecule has 3 aliphatic rings. The number of likely N-dealkylation sites (tertiary alicyclic amines) is 1. The van der Waals surface area contributed by atoms with Gasteiger partial charge in [0.25, 0.3) is 0 Å². The number of amides is 2. The largest absolute Gasteiger partial charge is 0.393 e. The third-order valence-corrected chi connectivity index (χ3v) is 9.27. The minimum absolute atomic E-state index is 0.0558. The normalized spacial score (nSPS) is 30.9. The fourth-order valence-corrected chi connectivity index (χ4v) is 7.43. The average Bonchev–Trinajstić information content (AvgIpc) is 3.27. The Balaban J connectivity index is 1.71. The highest BCUT2D eigenvalue weighted by Crippen LogP contribution is 2.60. The van der Waals surface area contributed by atoms with Gasteiger partial charge in [-0.25, -0.2) is 4.39 Å². The van der Waals surface area contributed by atoms with E-state index < -0.39 is 29.2 Å². The Hall–Kier alpha value is -2.19. The molecule has 0 unspecified atom stereocenters. The van der Waals surface area contributed by atoms with Crippen molar-refractivity contribution in [3.05, 3.63) is 63.4 Å². The number of hydrogen-bond acceptors (Lipinski definition) is 4. The van der Waals surface area contributed by atoms with Crippen LogP contribution in [0.5, 0.6) is 0 Å². The van der Waals surface area contributed by atoms with E-state index in [1.165, 1.54) is 6.07 Å². The summed E-state index contributed by atoms with van der Waals surface area (Å²) in [7, 11) is 1.86. The molecule has 3 N–H and O–H groups in total. The van der Waals surface area contributed by atoms with Crippen molar-refractivity contribution in [3.8, 4) is 0 Å². The van der Waals surface area contributed by atoms with Crippen molar-refractivity contribution in [3.63, 3.8) is 0 Å². The van der Waals surface area contributed by atoms with Gasteiger partial charge in [0.2, 0.25) is 11.8 Å². The van der Waals surface area contributed by atoms with E-state index in [-0.39, 0.29) is 40.0 Å². The van der Waals surface area contributed by atoms with Crippen molar-refractivity contribution in [2.75, 3.05) is 12.4 Å². The Bertz CT molecular complexity index is 1290. The second-order valence-corrected chi connectivity index (χ2v) is 13.4. The van der Waals surface area contributed by atoms with Gasteiger partial charge >= 0.3 is 0 Å². The van der Waals surface area contributed by atoms with E-state index in [1.54, 1.807) is 24.3 Å². The number of carbonyl (C=O) groups excluding carboxylic acids is 2. The van der Waals surface area contributed by atoms with E-state index in [0.717, 1.165) is 0 Å². The molecule has 2 aromatic rings. The SMILES string of the molecule is CN1[C@@H](CC(C)(C)C)[C@@]2(C(=O)Nc3cc(Cl)ccc32)[C@@H](c2cccc(Cl)c2F)[C@@H]1C(=O)NC1CCC(O)CC1. The van der Waals surface area contributed by atoms with Crippen LogP contribution >= 0.6 is 23.2 Å². The van der Waals surface area contributed by atoms with Gasteiger partial charge in [-0.2, -0.15) is 0 Å². The molecular weight excluding hydrogens is 540 g/mol. The minimum atomic E-state index is -1.27. The van der Waals surface area contributed by atoms with Gasteiger partial charge in [0, 0.05) is 28.7 Å². The Morgan fingerprint density at radius 1 is 1.18 bits per heavy atom. The minimum Gasteiger partial charge on any atom is -0.393 e. The van der Waals surface area contributed by atoms with E-state index in [2.05, 4.69) is 31.4 Å². The van der Waals surface area contributed by atoms with E-state index in [4.69, 9.17) is 23.2 Å². The number of benzene rings is 2. The molecule has 0 radical (unpaired) electrons. The number of aliphatic hydroxyl groups excluding tert-OH is 1. The standard InChI is InChI=1S/C30H36Cl2FN3O3/c1-29(2,3)15-23-30(20-13-8-16(31)14-22(20)35-28(30)39)24(19-6-5-7-21(32)25(19)33)26(36(23)4)27(38)34-17-9-11-18(37)12-10-17/h5-8,13-14,17-18,23-24,26,37H,9-12,15H2,1-4H3,(H,34,38)(H,35,39)/t17?,18?,23-,24-,26+,30+/m0/s1. The van der Waals surface area contributed by atoms with Crippen LogP contribution in [-0.2, 0) is 15.0 Å². The molecule has 4 atom stereocenters. The summed E-state index contributed by atoms with van der Waals surface area (Å²) in [6.07, 6.45) is 2.79. The first-order valence-electron chi connectivity index (χ1n) is 13.6. The third-order valence-electron chi connectivity index (χ3n) is 8.75. The summed E-state index contributed by atoms with van der Waals surface area (Å²) < 4.78 is 15.9. The number of nitrogens with one attached hydrogen (secondary N) is 2. The first-order chi connectivity index (χ1) is 18.3. The molecule has 6 nitrogen and oxygen atoms in total. The number of halogens is 3. The van der Waals surface area contributed by atoms with Gasteiger partial charge in [0.05, 0.1) is 17.2 Å². The Kier molecular flexibility index (Phi) is 7.51. The van der Waals surface area contributed by atoms with E-state index in [1.807, 2.05) is 18.0 Å². The Morgan fingerprint density at radius 2 is 1.87 bits per heavy atom. The first kappa shape index (κ1) is 28.3. The zero-order chi connectivity index (χ0) is 28.3. The molecule has 1 saturated heterocycles. The predicted molar refractivity (Wildman–Crippen MR) is 152 cm³/mol. The van der Waals surface area contributed by atoms with E-state index in [9.17, 15) is 14.7 Å². The maximum atomic E-state index is 15.9. The summed E-state index contributed by atoms with van der Waals surface area (Å²) in [5.41, 5.74) is 0.0537. The number of hydrogen-bond donors (Lipinski definition) is 3. The van der Waals surface area contributed by atoms with Crippen LogP contribution in [0.4, 0.5) is 10.1 Å². The second-order valence-electron chi connectivity index (χ2n) is 12.5. The molecule has 1 aliphatic carbocycles. The molecule has 1 saturated carbocycles. The fraction of sp³-hybridized carbons (Fsp3) is 0.533. The molecule has 0 bridgehead atoms. The smallest absolute Gasteiger partial charge is 0.238 e. The Labute approximate surface area is 239 Å². The lowest BCUT2D eigenvalue weighted by molar-refractivity contribution is -0.127. The monoisotopic (exact) mass is 575 g/mol. The van der Waals surface area contributed by atoms with Crippen LogP contribution in [0.1, 0.15) is 69.9 Å². The van der Waals surface area contributed by atoms with Crippen LogP contribution in [0, 0.1) is 11.2 Å². The van der Waals surface area contributed by atoms with Crippen molar-refractivity contribution in [1.82, 2.24) is 10.2 Å². The second kappa shape index (κ2) is 10.3. The molecule has 1 spiro atoms. The maximum absolute atomic E-state index is 15.9. The number of carbonyl (C=O) groups is 2. The van der Waals surface area contributed by atoms with Crippen LogP contribution in [-0.4, -0.2) is 53.1 Å². The number of nitrogens with zero attached hydrogens (tertiary/aromatic N) is 1. The average molecular weight is 577 g/mol. The van der Waals surface area contributed by atoms with Crippen molar-refractivity contribution in [2.24, 2.45) is 5.41 Å². The van der Waals surface area contributed by atoms with Crippen molar-refractivity contribution in [1.29, 1.82) is 0 Å². The number of rotatable bonds is 4. The molecule has 9 heteroatoms.